The fourth-order valence-electron chi connectivity index (χ4n) is 2.85. The molecule has 0 aromatic heterocycles. The molecule has 0 spiro atoms. The Morgan fingerprint density at radius 1 is 1.17 bits per heavy atom. The summed E-state index contributed by atoms with van der Waals surface area (Å²) < 4.78 is 5.15. The number of unbranched alkanes of at least 4 members (excludes halogenated alkanes) is 3. The molecule has 1 aliphatic heterocycles. The largest absolute Gasteiger partial charge is 0.383 e. The van der Waals surface area contributed by atoms with Gasteiger partial charge in [-0.25, -0.2) is 0 Å². The van der Waals surface area contributed by atoms with Gasteiger partial charge in [-0.2, -0.15) is 0 Å². The Bertz CT molecular complexity index is 294. The summed E-state index contributed by atoms with van der Waals surface area (Å²) in [4.78, 5) is 6.81. The van der Waals surface area contributed by atoms with Crippen molar-refractivity contribution in [3.05, 3.63) is 0 Å². The zero-order chi connectivity index (χ0) is 16.0. The summed E-state index contributed by atoms with van der Waals surface area (Å²) in [5.41, 5.74) is 0. The molecule has 0 amide bonds. The van der Waals surface area contributed by atoms with Crippen molar-refractivity contribution in [2.75, 3.05) is 53.5 Å². The van der Waals surface area contributed by atoms with Gasteiger partial charge in [-0.3, -0.25) is 4.99 Å². The van der Waals surface area contributed by atoms with E-state index in [4.69, 9.17) is 4.74 Å². The van der Waals surface area contributed by atoms with Crippen LogP contribution in [0.1, 0.15) is 45.4 Å². The van der Waals surface area contributed by atoms with Gasteiger partial charge in [-0.15, -0.1) is 24.0 Å². The van der Waals surface area contributed by atoms with E-state index in [0.717, 1.165) is 38.1 Å². The molecule has 0 saturated carbocycles. The van der Waals surface area contributed by atoms with Crippen molar-refractivity contribution in [3.63, 3.8) is 0 Å². The number of methoxy groups -OCH3 is 1. The summed E-state index contributed by atoms with van der Waals surface area (Å²) in [6.45, 7) is 8.60. The molecule has 1 rings (SSSR count). The SMILES string of the molecule is CCCCCCNC(=NC)NCC1CCN(CCOC)CC1.I. The molecule has 5 nitrogen and oxygen atoms in total. The molecule has 1 heterocycles. The van der Waals surface area contributed by atoms with Gasteiger partial charge in [0.25, 0.3) is 0 Å². The van der Waals surface area contributed by atoms with Crippen LogP contribution >= 0.6 is 24.0 Å². The molecule has 138 valence electrons. The molecule has 2 N–H and O–H groups in total. The Balaban J connectivity index is 0.00000484. The molecule has 0 aromatic rings. The van der Waals surface area contributed by atoms with Crippen LogP contribution in [-0.4, -0.2) is 64.3 Å². The summed E-state index contributed by atoms with van der Waals surface area (Å²) in [6, 6.07) is 0. The van der Waals surface area contributed by atoms with Crippen LogP contribution in [0.2, 0.25) is 0 Å². The van der Waals surface area contributed by atoms with Gasteiger partial charge < -0.3 is 20.3 Å². The van der Waals surface area contributed by atoms with Crippen molar-refractivity contribution in [1.82, 2.24) is 15.5 Å². The molecule has 6 heteroatoms. The van der Waals surface area contributed by atoms with Gasteiger partial charge in [0, 0.05) is 33.8 Å². The maximum absolute atomic E-state index is 5.15. The molecular weight excluding hydrogens is 403 g/mol. The van der Waals surface area contributed by atoms with Crippen molar-refractivity contribution in [3.8, 4) is 0 Å². The first kappa shape index (κ1) is 22.9. The lowest BCUT2D eigenvalue weighted by molar-refractivity contribution is 0.121. The van der Waals surface area contributed by atoms with E-state index in [-0.39, 0.29) is 24.0 Å². The molecule has 1 fully saturated rings. The van der Waals surface area contributed by atoms with E-state index in [0.29, 0.717) is 0 Å². The maximum Gasteiger partial charge on any atom is 0.190 e. The average Bonchev–Trinajstić information content (AvgIpc) is 2.56. The molecule has 0 unspecified atom stereocenters. The quantitative estimate of drug-likeness (QED) is 0.237. The van der Waals surface area contributed by atoms with Crippen LogP contribution in [0.25, 0.3) is 0 Å². The van der Waals surface area contributed by atoms with Gasteiger partial charge in [-0.05, 0) is 38.3 Å². The summed E-state index contributed by atoms with van der Waals surface area (Å²) in [7, 11) is 3.63. The van der Waals surface area contributed by atoms with Gasteiger partial charge in [-0.1, -0.05) is 26.2 Å². The molecular formula is C17H37IN4O. The van der Waals surface area contributed by atoms with E-state index < -0.39 is 0 Å². The van der Waals surface area contributed by atoms with Crippen molar-refractivity contribution < 1.29 is 4.74 Å². The van der Waals surface area contributed by atoms with Crippen LogP contribution in [0.5, 0.6) is 0 Å². The highest BCUT2D eigenvalue weighted by Gasteiger charge is 2.18. The van der Waals surface area contributed by atoms with Gasteiger partial charge in [0.1, 0.15) is 0 Å². The average molecular weight is 440 g/mol. The Kier molecular flexibility index (Phi) is 15.4. The fourth-order valence-corrected chi connectivity index (χ4v) is 2.85. The Morgan fingerprint density at radius 3 is 2.52 bits per heavy atom. The van der Waals surface area contributed by atoms with E-state index in [9.17, 15) is 0 Å². The second kappa shape index (κ2) is 15.4. The van der Waals surface area contributed by atoms with Crippen LogP contribution < -0.4 is 10.6 Å². The summed E-state index contributed by atoms with van der Waals surface area (Å²) in [5.74, 6) is 1.72. The number of rotatable bonds is 10. The number of ether oxygens (including phenoxy) is 1. The Morgan fingerprint density at radius 2 is 1.91 bits per heavy atom. The normalized spacial score (nSPS) is 16.9. The maximum atomic E-state index is 5.15. The van der Waals surface area contributed by atoms with Crippen molar-refractivity contribution >= 4 is 29.9 Å². The molecule has 1 aliphatic rings. The van der Waals surface area contributed by atoms with E-state index in [2.05, 4.69) is 27.4 Å². The van der Waals surface area contributed by atoms with Gasteiger partial charge in [0.2, 0.25) is 0 Å². The summed E-state index contributed by atoms with van der Waals surface area (Å²) >= 11 is 0. The second-order valence-corrected chi connectivity index (χ2v) is 6.22. The fraction of sp³-hybridized carbons (Fsp3) is 0.941. The standard InChI is InChI=1S/C17H36N4O.HI/c1-4-5-6-7-10-19-17(18-2)20-15-16-8-11-21(12-9-16)13-14-22-3;/h16H,4-15H2,1-3H3,(H2,18,19,20);1H. The van der Waals surface area contributed by atoms with E-state index in [1.165, 1.54) is 51.6 Å². The van der Waals surface area contributed by atoms with Crippen LogP contribution in [0.3, 0.4) is 0 Å². The first-order valence-electron chi connectivity index (χ1n) is 8.96. The number of halogens is 1. The minimum absolute atomic E-state index is 0. The van der Waals surface area contributed by atoms with Crippen molar-refractivity contribution in [2.45, 2.75) is 45.4 Å². The second-order valence-electron chi connectivity index (χ2n) is 6.22. The van der Waals surface area contributed by atoms with Crippen molar-refractivity contribution in [1.29, 1.82) is 0 Å². The zero-order valence-electron chi connectivity index (χ0n) is 15.3. The first-order chi connectivity index (χ1) is 10.8. The number of likely N-dealkylation sites (tertiary alicyclic amines) is 1. The highest BCUT2D eigenvalue weighted by atomic mass is 127. The molecule has 0 aromatic carbocycles. The van der Waals surface area contributed by atoms with Crippen LogP contribution in [0.15, 0.2) is 4.99 Å². The first-order valence-corrected chi connectivity index (χ1v) is 8.96. The minimum Gasteiger partial charge on any atom is -0.383 e. The molecule has 0 atom stereocenters. The summed E-state index contributed by atoms with van der Waals surface area (Å²) in [5, 5.41) is 6.90. The Hall–Kier alpha value is -0.0800. The third-order valence-corrected chi connectivity index (χ3v) is 4.42. The zero-order valence-corrected chi connectivity index (χ0v) is 17.6. The van der Waals surface area contributed by atoms with Crippen LogP contribution in [0, 0.1) is 5.92 Å². The van der Waals surface area contributed by atoms with Gasteiger partial charge in [0.05, 0.1) is 6.61 Å². The molecule has 0 aliphatic carbocycles. The van der Waals surface area contributed by atoms with Gasteiger partial charge >= 0.3 is 0 Å². The number of hydrogen-bond acceptors (Lipinski definition) is 3. The number of nitrogens with zero attached hydrogens (tertiary/aromatic N) is 2. The lowest BCUT2D eigenvalue weighted by atomic mass is 9.97. The van der Waals surface area contributed by atoms with E-state index in [1.54, 1.807) is 7.11 Å². The number of aliphatic imine (C=N–C) groups is 1. The molecule has 23 heavy (non-hydrogen) atoms. The summed E-state index contributed by atoms with van der Waals surface area (Å²) in [6.07, 6.45) is 7.69. The predicted molar refractivity (Wildman–Crippen MR) is 110 cm³/mol. The molecule has 1 saturated heterocycles. The van der Waals surface area contributed by atoms with Crippen LogP contribution in [0.4, 0.5) is 0 Å². The predicted octanol–water partition coefficient (Wildman–Crippen LogP) is 2.71. The monoisotopic (exact) mass is 440 g/mol. The molecule has 0 bridgehead atoms. The lowest BCUT2D eigenvalue weighted by Crippen LogP contribution is -2.43. The third-order valence-electron chi connectivity index (χ3n) is 4.42. The van der Waals surface area contributed by atoms with E-state index in [1.807, 2.05) is 7.05 Å². The third kappa shape index (κ3) is 11.2. The topological polar surface area (TPSA) is 48.9 Å². The van der Waals surface area contributed by atoms with E-state index >= 15 is 0 Å². The number of guanidine groups is 1. The number of nitrogens with one attached hydrogen (secondary N) is 2. The minimum atomic E-state index is 0. The van der Waals surface area contributed by atoms with Crippen LogP contribution in [-0.2, 0) is 4.74 Å². The number of hydrogen-bond donors (Lipinski definition) is 2. The van der Waals surface area contributed by atoms with Gasteiger partial charge in [0.15, 0.2) is 5.96 Å². The highest BCUT2D eigenvalue weighted by Crippen LogP contribution is 2.15. The van der Waals surface area contributed by atoms with Crippen molar-refractivity contribution in [2.24, 2.45) is 10.9 Å². The number of piperidine rings is 1. The lowest BCUT2D eigenvalue weighted by Gasteiger charge is -2.32. The highest BCUT2D eigenvalue weighted by molar-refractivity contribution is 14.0. The molecule has 0 radical (unpaired) electrons. The smallest absolute Gasteiger partial charge is 0.190 e. The Labute approximate surface area is 160 Å².